The van der Waals surface area contributed by atoms with Gasteiger partial charge in [-0.3, -0.25) is 0 Å². The molecule has 0 heterocycles. The molecule has 2 aromatic carbocycles. The lowest BCUT2D eigenvalue weighted by atomic mass is 9.95. The largest absolute Gasteiger partial charge is 0.399 e. The van der Waals surface area contributed by atoms with Crippen LogP contribution in [0.25, 0.3) is 0 Å². The minimum Gasteiger partial charge on any atom is -0.399 e. The molecule has 0 aromatic heterocycles. The fourth-order valence-corrected chi connectivity index (χ4v) is 2.47. The molecule has 0 aliphatic carbocycles. The molecule has 2 nitrogen and oxygen atoms in total. The second-order valence-corrected chi connectivity index (χ2v) is 5.40. The van der Waals surface area contributed by atoms with Crippen LogP contribution in [0.4, 0.5) is 11.4 Å². The van der Waals surface area contributed by atoms with E-state index in [0.717, 1.165) is 24.2 Å². The maximum atomic E-state index is 5.93. The fourth-order valence-electron chi connectivity index (χ4n) is 2.47. The molecule has 2 heteroatoms. The highest BCUT2D eigenvalue weighted by Crippen LogP contribution is 2.20. The summed E-state index contributed by atoms with van der Waals surface area (Å²) in [5, 5.41) is 0. The lowest BCUT2D eigenvalue weighted by Gasteiger charge is -2.11. The Morgan fingerprint density at radius 3 is 2.20 bits per heavy atom. The Balaban J connectivity index is 2.15. The van der Waals surface area contributed by atoms with E-state index in [9.17, 15) is 0 Å². The van der Waals surface area contributed by atoms with Crippen molar-refractivity contribution in [2.75, 3.05) is 11.5 Å². The summed E-state index contributed by atoms with van der Waals surface area (Å²) in [6.07, 6.45) is 5.81. The minimum absolute atomic E-state index is 0.814. The number of aryl methyl sites for hydroxylation is 1. The third kappa shape index (κ3) is 4.02. The summed E-state index contributed by atoms with van der Waals surface area (Å²) in [5.41, 5.74) is 17.4. The van der Waals surface area contributed by atoms with Gasteiger partial charge in [0, 0.05) is 11.4 Å². The molecule has 0 aliphatic heterocycles. The van der Waals surface area contributed by atoms with Crippen LogP contribution >= 0.6 is 0 Å². The van der Waals surface area contributed by atoms with E-state index < -0.39 is 0 Å². The molecule has 0 bridgehead atoms. The zero-order valence-electron chi connectivity index (χ0n) is 12.2. The van der Waals surface area contributed by atoms with Crippen LogP contribution in [-0.4, -0.2) is 0 Å². The third-order valence-corrected chi connectivity index (χ3v) is 3.65. The maximum absolute atomic E-state index is 5.93. The molecule has 2 aromatic rings. The summed E-state index contributed by atoms with van der Waals surface area (Å²) < 4.78 is 0. The summed E-state index contributed by atoms with van der Waals surface area (Å²) in [6, 6.07) is 14.4. The van der Waals surface area contributed by atoms with Gasteiger partial charge in [0.2, 0.25) is 0 Å². The van der Waals surface area contributed by atoms with Crippen LogP contribution in [0.5, 0.6) is 0 Å². The van der Waals surface area contributed by atoms with Crippen LogP contribution < -0.4 is 11.5 Å². The number of anilines is 2. The van der Waals surface area contributed by atoms with Gasteiger partial charge in [0.25, 0.3) is 0 Å². The third-order valence-electron chi connectivity index (χ3n) is 3.65. The predicted molar refractivity (Wildman–Crippen MR) is 87.7 cm³/mol. The Morgan fingerprint density at radius 1 is 0.800 bits per heavy atom. The number of nitrogen functional groups attached to an aromatic ring is 2. The number of benzene rings is 2. The zero-order valence-corrected chi connectivity index (χ0v) is 12.2. The fraction of sp³-hybridized carbons (Fsp3) is 0.333. The molecule has 0 radical (unpaired) electrons. The van der Waals surface area contributed by atoms with Gasteiger partial charge in [0.05, 0.1) is 0 Å². The van der Waals surface area contributed by atoms with Gasteiger partial charge >= 0.3 is 0 Å². The molecule has 106 valence electrons. The molecule has 0 saturated heterocycles. The van der Waals surface area contributed by atoms with E-state index in [-0.39, 0.29) is 0 Å². The van der Waals surface area contributed by atoms with E-state index in [4.69, 9.17) is 11.5 Å². The van der Waals surface area contributed by atoms with Crippen LogP contribution in [-0.2, 0) is 12.8 Å². The van der Waals surface area contributed by atoms with E-state index >= 15 is 0 Å². The van der Waals surface area contributed by atoms with Crippen molar-refractivity contribution in [2.24, 2.45) is 0 Å². The molecule has 20 heavy (non-hydrogen) atoms. The van der Waals surface area contributed by atoms with Crippen molar-refractivity contribution >= 4 is 11.4 Å². The molecule has 0 spiro atoms. The monoisotopic (exact) mass is 268 g/mol. The molecule has 0 fully saturated rings. The van der Waals surface area contributed by atoms with Crippen LogP contribution in [0, 0.1) is 0 Å². The Labute approximate surface area is 121 Å². The summed E-state index contributed by atoms with van der Waals surface area (Å²) in [4.78, 5) is 0. The van der Waals surface area contributed by atoms with Crippen LogP contribution in [0.1, 0.15) is 42.9 Å². The van der Waals surface area contributed by atoms with E-state index in [2.05, 4.69) is 31.2 Å². The van der Waals surface area contributed by atoms with Gasteiger partial charge in [-0.05, 0) is 60.2 Å². The van der Waals surface area contributed by atoms with Gasteiger partial charge in [0.1, 0.15) is 0 Å². The van der Waals surface area contributed by atoms with Gasteiger partial charge in [0.15, 0.2) is 0 Å². The van der Waals surface area contributed by atoms with Crippen molar-refractivity contribution in [3.8, 4) is 0 Å². The Bertz CT molecular complexity index is 544. The lowest BCUT2D eigenvalue weighted by Crippen LogP contribution is -1.99. The quantitative estimate of drug-likeness (QED) is 0.610. The molecule has 0 atom stereocenters. The molecule has 0 aliphatic rings. The first-order valence-electron chi connectivity index (χ1n) is 7.40. The van der Waals surface area contributed by atoms with Crippen molar-refractivity contribution in [3.05, 3.63) is 59.2 Å². The zero-order chi connectivity index (χ0) is 14.4. The topological polar surface area (TPSA) is 52.0 Å². The van der Waals surface area contributed by atoms with Gasteiger partial charge in [-0.2, -0.15) is 0 Å². The number of rotatable bonds is 6. The van der Waals surface area contributed by atoms with Crippen molar-refractivity contribution in [1.82, 2.24) is 0 Å². The Kier molecular flexibility index (Phi) is 5.05. The molecule has 0 saturated carbocycles. The number of hydrogen-bond donors (Lipinski definition) is 2. The van der Waals surface area contributed by atoms with Gasteiger partial charge < -0.3 is 11.5 Å². The van der Waals surface area contributed by atoms with E-state index in [0.29, 0.717) is 0 Å². The first-order valence-corrected chi connectivity index (χ1v) is 7.40. The number of unbranched alkanes of at least 4 members (excludes halogenated alkanes) is 2. The molecule has 4 N–H and O–H groups in total. The number of nitrogens with two attached hydrogens (primary N) is 2. The molecular formula is C18H24N2. The normalized spacial score (nSPS) is 10.7. The van der Waals surface area contributed by atoms with Crippen LogP contribution in [0.15, 0.2) is 42.5 Å². The highest BCUT2D eigenvalue weighted by atomic mass is 14.5. The van der Waals surface area contributed by atoms with Crippen LogP contribution in [0.3, 0.4) is 0 Å². The molecule has 2 rings (SSSR count). The van der Waals surface area contributed by atoms with E-state index in [1.54, 1.807) is 0 Å². The van der Waals surface area contributed by atoms with Gasteiger partial charge in [-0.1, -0.05) is 38.0 Å². The van der Waals surface area contributed by atoms with E-state index in [1.165, 1.54) is 36.0 Å². The molecular weight excluding hydrogens is 244 g/mol. The minimum atomic E-state index is 0.814. The lowest BCUT2D eigenvalue weighted by molar-refractivity contribution is 0.714. The summed E-state index contributed by atoms with van der Waals surface area (Å²) in [5.74, 6) is 0. The summed E-state index contributed by atoms with van der Waals surface area (Å²) >= 11 is 0. The second-order valence-electron chi connectivity index (χ2n) is 5.40. The second kappa shape index (κ2) is 6.99. The first kappa shape index (κ1) is 14.4. The van der Waals surface area contributed by atoms with Crippen molar-refractivity contribution in [2.45, 2.75) is 39.0 Å². The predicted octanol–water partition coefficient (Wildman–Crippen LogP) is 4.17. The van der Waals surface area contributed by atoms with Crippen molar-refractivity contribution in [1.29, 1.82) is 0 Å². The summed E-state index contributed by atoms with van der Waals surface area (Å²) in [7, 11) is 0. The van der Waals surface area contributed by atoms with Gasteiger partial charge in [-0.25, -0.2) is 0 Å². The van der Waals surface area contributed by atoms with Crippen LogP contribution in [0.2, 0.25) is 0 Å². The number of hydrogen-bond acceptors (Lipinski definition) is 2. The summed E-state index contributed by atoms with van der Waals surface area (Å²) in [6.45, 7) is 2.23. The Morgan fingerprint density at radius 2 is 1.50 bits per heavy atom. The highest BCUT2D eigenvalue weighted by Gasteiger charge is 2.05. The average molecular weight is 268 g/mol. The van der Waals surface area contributed by atoms with Crippen molar-refractivity contribution < 1.29 is 0 Å². The highest BCUT2D eigenvalue weighted by molar-refractivity contribution is 5.47. The smallest absolute Gasteiger partial charge is 0.0316 e. The molecule has 0 unspecified atom stereocenters. The van der Waals surface area contributed by atoms with E-state index in [1.807, 2.05) is 18.2 Å². The Hall–Kier alpha value is -1.96. The average Bonchev–Trinajstić information content (AvgIpc) is 2.44. The van der Waals surface area contributed by atoms with Gasteiger partial charge in [-0.15, -0.1) is 0 Å². The first-order chi connectivity index (χ1) is 9.69. The standard InChI is InChI=1S/C18H24N2/c1-2-3-4-5-15-13-18(20)11-8-16(15)12-14-6-9-17(19)10-7-14/h6-11,13H,2-5,12,19-20H2,1H3. The SMILES string of the molecule is CCCCCc1cc(N)ccc1Cc1ccc(N)cc1. The van der Waals surface area contributed by atoms with Crippen molar-refractivity contribution in [3.63, 3.8) is 0 Å². The maximum Gasteiger partial charge on any atom is 0.0316 e. The molecule has 0 amide bonds.